The van der Waals surface area contributed by atoms with Crippen LogP contribution in [-0.4, -0.2) is 71.0 Å². The van der Waals surface area contributed by atoms with Crippen molar-refractivity contribution in [1.82, 2.24) is 20.1 Å². The fourth-order valence-corrected chi connectivity index (χ4v) is 2.62. The van der Waals surface area contributed by atoms with Gasteiger partial charge >= 0.3 is 6.09 Å². The first-order chi connectivity index (χ1) is 12.3. The van der Waals surface area contributed by atoms with Gasteiger partial charge in [-0.1, -0.05) is 0 Å². The molecule has 0 unspecified atom stereocenters. The van der Waals surface area contributed by atoms with Crippen molar-refractivity contribution in [2.75, 3.05) is 32.7 Å². The van der Waals surface area contributed by atoms with Gasteiger partial charge in [-0.25, -0.2) is 4.79 Å². The molecule has 0 spiro atoms. The second-order valence-electron chi connectivity index (χ2n) is 7.12. The largest absolute Gasteiger partial charge is 0.444 e. The molecule has 0 radical (unpaired) electrons. The summed E-state index contributed by atoms with van der Waals surface area (Å²) in [7, 11) is 0. The molecule has 0 bridgehead atoms. The number of nitrogens with zero attached hydrogens (tertiary/aromatic N) is 3. The van der Waals surface area contributed by atoms with Gasteiger partial charge in [0.1, 0.15) is 12.1 Å². The number of alkyl carbamates (subject to hydrolysis) is 1. The predicted octanol–water partition coefficient (Wildman–Crippen LogP) is 1.28. The summed E-state index contributed by atoms with van der Waals surface area (Å²) in [4.78, 5) is 43.8. The first kappa shape index (κ1) is 19.7. The van der Waals surface area contributed by atoms with Crippen LogP contribution in [0.15, 0.2) is 24.5 Å². The summed E-state index contributed by atoms with van der Waals surface area (Å²) in [6.07, 6.45) is 3.25. The molecule has 8 nitrogen and oxygen atoms in total. The fraction of sp³-hybridized carbons (Fsp3) is 0.556. The second kappa shape index (κ2) is 8.64. The van der Waals surface area contributed by atoms with E-state index in [4.69, 9.17) is 4.74 Å². The maximum absolute atomic E-state index is 12.5. The lowest BCUT2D eigenvalue weighted by Crippen LogP contribution is -2.43. The van der Waals surface area contributed by atoms with Gasteiger partial charge in [-0.2, -0.15) is 0 Å². The zero-order chi connectivity index (χ0) is 19.2. The third kappa shape index (κ3) is 6.02. The lowest BCUT2D eigenvalue weighted by molar-refractivity contribution is -0.130. The van der Waals surface area contributed by atoms with Crippen LogP contribution in [0.25, 0.3) is 0 Å². The Hall–Kier alpha value is -2.64. The van der Waals surface area contributed by atoms with Crippen LogP contribution in [0.5, 0.6) is 0 Å². The van der Waals surface area contributed by atoms with Gasteiger partial charge in [-0.05, 0) is 39.3 Å². The Balaban J connectivity index is 1.83. The molecule has 0 saturated carbocycles. The molecule has 1 aliphatic rings. The molecular formula is C18H26N4O4. The molecule has 2 rings (SSSR count). The Bertz CT molecular complexity index is 642. The maximum atomic E-state index is 12.5. The van der Waals surface area contributed by atoms with Crippen LogP contribution in [0.2, 0.25) is 0 Å². The van der Waals surface area contributed by atoms with Crippen LogP contribution in [-0.2, 0) is 9.53 Å². The first-order valence-corrected chi connectivity index (χ1v) is 8.70. The highest BCUT2D eigenvalue weighted by atomic mass is 16.6. The van der Waals surface area contributed by atoms with Gasteiger partial charge < -0.3 is 19.9 Å². The molecule has 142 valence electrons. The van der Waals surface area contributed by atoms with Crippen molar-refractivity contribution >= 4 is 17.9 Å². The molecule has 1 N–H and O–H groups in total. The van der Waals surface area contributed by atoms with Gasteiger partial charge in [-0.15, -0.1) is 0 Å². The van der Waals surface area contributed by atoms with E-state index in [1.54, 1.807) is 55.1 Å². The third-order valence-electron chi connectivity index (χ3n) is 3.85. The van der Waals surface area contributed by atoms with Crippen molar-refractivity contribution in [3.63, 3.8) is 0 Å². The summed E-state index contributed by atoms with van der Waals surface area (Å²) >= 11 is 0. The Morgan fingerprint density at radius 1 is 1.08 bits per heavy atom. The summed E-state index contributed by atoms with van der Waals surface area (Å²) in [5.41, 5.74) is -0.0184. The summed E-state index contributed by atoms with van der Waals surface area (Å²) in [5, 5.41) is 2.48. The number of rotatable bonds is 3. The number of carbonyl (C=O) groups is 3. The topological polar surface area (TPSA) is 91.8 Å². The second-order valence-corrected chi connectivity index (χ2v) is 7.12. The van der Waals surface area contributed by atoms with Crippen LogP contribution in [0, 0.1) is 0 Å². The van der Waals surface area contributed by atoms with Crippen LogP contribution < -0.4 is 5.32 Å². The summed E-state index contributed by atoms with van der Waals surface area (Å²) in [6.45, 7) is 7.20. The molecule has 1 saturated heterocycles. The predicted molar refractivity (Wildman–Crippen MR) is 95.6 cm³/mol. The van der Waals surface area contributed by atoms with Crippen molar-refractivity contribution in [1.29, 1.82) is 0 Å². The summed E-state index contributed by atoms with van der Waals surface area (Å²) in [5.74, 6) is -0.248. The van der Waals surface area contributed by atoms with E-state index in [9.17, 15) is 14.4 Å². The monoisotopic (exact) mass is 362 g/mol. The van der Waals surface area contributed by atoms with Gasteiger partial charge in [0.25, 0.3) is 5.91 Å². The standard InChI is InChI=1S/C18H26N4O4/c1-18(2,3)26-17(25)20-13-15(23)21-9-4-10-22(12-11-21)16(24)14-5-7-19-8-6-14/h5-8H,4,9-13H2,1-3H3,(H,20,25). The van der Waals surface area contributed by atoms with Crippen molar-refractivity contribution in [3.05, 3.63) is 30.1 Å². The van der Waals surface area contributed by atoms with E-state index in [-0.39, 0.29) is 18.4 Å². The number of pyridine rings is 1. The van der Waals surface area contributed by atoms with E-state index < -0.39 is 11.7 Å². The van der Waals surface area contributed by atoms with Crippen LogP contribution in [0.4, 0.5) is 4.79 Å². The van der Waals surface area contributed by atoms with Crippen molar-refractivity contribution < 1.29 is 19.1 Å². The number of hydrogen-bond acceptors (Lipinski definition) is 5. The molecule has 0 aliphatic carbocycles. The number of nitrogens with one attached hydrogen (secondary N) is 1. The van der Waals surface area contributed by atoms with E-state index in [1.807, 2.05) is 0 Å². The lowest BCUT2D eigenvalue weighted by atomic mass is 10.2. The Labute approximate surface area is 153 Å². The van der Waals surface area contributed by atoms with Gasteiger partial charge in [-0.3, -0.25) is 14.6 Å². The SMILES string of the molecule is CC(C)(C)OC(=O)NCC(=O)N1CCCN(C(=O)c2ccncc2)CC1. The van der Waals surface area contributed by atoms with Crippen LogP contribution >= 0.6 is 0 Å². The number of aromatic nitrogens is 1. The Morgan fingerprint density at radius 2 is 1.69 bits per heavy atom. The number of hydrogen-bond donors (Lipinski definition) is 1. The first-order valence-electron chi connectivity index (χ1n) is 8.70. The molecular weight excluding hydrogens is 336 g/mol. The molecule has 1 aliphatic heterocycles. The molecule has 1 aromatic rings. The molecule has 1 aromatic heterocycles. The summed E-state index contributed by atoms with van der Waals surface area (Å²) < 4.78 is 5.12. The minimum absolute atomic E-state index is 0.0615. The minimum atomic E-state index is -0.616. The van der Waals surface area contributed by atoms with Crippen LogP contribution in [0.1, 0.15) is 37.6 Å². The van der Waals surface area contributed by atoms with E-state index in [0.717, 1.165) is 0 Å². The smallest absolute Gasteiger partial charge is 0.408 e. The van der Waals surface area contributed by atoms with Crippen molar-refractivity contribution in [2.45, 2.75) is 32.8 Å². The average Bonchev–Trinajstić information content (AvgIpc) is 2.84. The Kier molecular flexibility index (Phi) is 6.54. The summed E-state index contributed by atoms with van der Waals surface area (Å²) in [6, 6.07) is 3.36. The number of carbonyl (C=O) groups excluding carboxylic acids is 3. The molecule has 0 atom stereocenters. The zero-order valence-corrected chi connectivity index (χ0v) is 15.5. The highest BCUT2D eigenvalue weighted by molar-refractivity contribution is 5.94. The van der Waals surface area contributed by atoms with Crippen LogP contribution in [0.3, 0.4) is 0 Å². The van der Waals surface area contributed by atoms with Crippen molar-refractivity contribution in [2.24, 2.45) is 0 Å². The molecule has 3 amide bonds. The molecule has 8 heteroatoms. The quantitative estimate of drug-likeness (QED) is 0.874. The van der Waals surface area contributed by atoms with E-state index in [2.05, 4.69) is 10.3 Å². The van der Waals surface area contributed by atoms with Gasteiger partial charge in [0, 0.05) is 44.1 Å². The lowest BCUT2D eigenvalue weighted by Gasteiger charge is -2.23. The normalized spacial score (nSPS) is 15.2. The highest BCUT2D eigenvalue weighted by Gasteiger charge is 2.23. The Morgan fingerprint density at radius 3 is 2.35 bits per heavy atom. The number of ether oxygens (including phenoxy) is 1. The number of amides is 3. The van der Waals surface area contributed by atoms with E-state index in [0.29, 0.717) is 38.2 Å². The van der Waals surface area contributed by atoms with Gasteiger partial charge in [0.05, 0.1) is 0 Å². The molecule has 2 heterocycles. The van der Waals surface area contributed by atoms with Gasteiger partial charge in [0.15, 0.2) is 0 Å². The average molecular weight is 362 g/mol. The fourth-order valence-electron chi connectivity index (χ4n) is 2.62. The van der Waals surface area contributed by atoms with Crippen molar-refractivity contribution in [3.8, 4) is 0 Å². The molecule has 26 heavy (non-hydrogen) atoms. The van der Waals surface area contributed by atoms with E-state index in [1.165, 1.54) is 0 Å². The third-order valence-corrected chi connectivity index (χ3v) is 3.85. The highest BCUT2D eigenvalue weighted by Crippen LogP contribution is 2.09. The molecule has 1 fully saturated rings. The maximum Gasteiger partial charge on any atom is 0.408 e. The molecule has 0 aromatic carbocycles. The van der Waals surface area contributed by atoms with Gasteiger partial charge in [0.2, 0.25) is 5.91 Å². The minimum Gasteiger partial charge on any atom is -0.444 e. The zero-order valence-electron chi connectivity index (χ0n) is 15.5. The van der Waals surface area contributed by atoms with E-state index >= 15 is 0 Å².